The number of primary amides is 1. The molecule has 10 heteroatoms. The van der Waals surface area contributed by atoms with Crippen molar-refractivity contribution in [2.45, 2.75) is 24.8 Å². The smallest absolute Gasteiger partial charge is 0.368 e. The highest BCUT2D eigenvalue weighted by atomic mass is 19.4. The summed E-state index contributed by atoms with van der Waals surface area (Å²) in [5.74, 6) is -2.32. The number of alkyl halides is 6. The first-order valence-electron chi connectivity index (χ1n) is 7.82. The number of benzene rings is 2. The Morgan fingerprint density at radius 3 is 2.14 bits per heavy atom. The number of hydrogen-bond acceptors (Lipinski definition) is 2. The Balaban J connectivity index is 2.26. The number of nitrogens with one attached hydrogen (secondary N) is 1. The minimum absolute atomic E-state index is 0.0306. The van der Waals surface area contributed by atoms with Gasteiger partial charge in [-0.25, -0.2) is 0 Å². The predicted molar refractivity (Wildman–Crippen MR) is 87.0 cm³/mol. The second-order valence-corrected chi connectivity index (χ2v) is 5.87. The van der Waals surface area contributed by atoms with E-state index in [1.54, 1.807) is 0 Å². The van der Waals surface area contributed by atoms with Crippen LogP contribution in [0.4, 0.5) is 26.3 Å². The zero-order valence-electron chi connectivity index (χ0n) is 14.1. The summed E-state index contributed by atoms with van der Waals surface area (Å²) in [6.07, 6.45) is -9.84. The van der Waals surface area contributed by atoms with Crippen molar-refractivity contribution in [1.82, 2.24) is 5.32 Å². The van der Waals surface area contributed by atoms with Crippen LogP contribution in [0.1, 0.15) is 27.0 Å². The molecule has 150 valence electrons. The fourth-order valence-corrected chi connectivity index (χ4v) is 2.50. The molecular formula is C18H14F6N2O2. The average molecular weight is 404 g/mol. The number of rotatable bonds is 5. The van der Waals surface area contributed by atoms with E-state index >= 15 is 0 Å². The molecule has 0 aliphatic rings. The number of carbonyl (C=O) groups excluding carboxylic acids is 2. The van der Waals surface area contributed by atoms with Crippen LogP contribution in [0.3, 0.4) is 0 Å². The van der Waals surface area contributed by atoms with E-state index in [0.717, 1.165) is 30.3 Å². The predicted octanol–water partition coefficient (Wildman–Crippen LogP) is 3.55. The van der Waals surface area contributed by atoms with Gasteiger partial charge in [-0.1, -0.05) is 30.3 Å². The third-order valence-corrected chi connectivity index (χ3v) is 3.82. The highest BCUT2D eigenvalue weighted by Gasteiger charge is 2.35. The summed E-state index contributed by atoms with van der Waals surface area (Å²) >= 11 is 0. The van der Waals surface area contributed by atoms with Gasteiger partial charge in [0.2, 0.25) is 5.91 Å². The van der Waals surface area contributed by atoms with E-state index in [1.165, 1.54) is 12.1 Å². The highest BCUT2D eigenvalue weighted by Crippen LogP contribution is 2.32. The fraction of sp³-hybridized carbons (Fsp3) is 0.222. The Hall–Kier alpha value is -3.04. The van der Waals surface area contributed by atoms with Gasteiger partial charge in [0, 0.05) is 6.42 Å². The molecule has 0 aliphatic carbocycles. The van der Waals surface area contributed by atoms with Crippen LogP contribution in [-0.4, -0.2) is 17.9 Å². The summed E-state index contributed by atoms with van der Waals surface area (Å²) in [7, 11) is 0. The van der Waals surface area contributed by atoms with Gasteiger partial charge in [0.05, 0.1) is 16.7 Å². The van der Waals surface area contributed by atoms with Crippen LogP contribution in [0.15, 0.2) is 48.5 Å². The van der Waals surface area contributed by atoms with Gasteiger partial charge in [0.1, 0.15) is 6.04 Å². The van der Waals surface area contributed by atoms with Gasteiger partial charge in [-0.05, 0) is 23.8 Å². The Morgan fingerprint density at radius 1 is 0.929 bits per heavy atom. The van der Waals surface area contributed by atoms with Crippen molar-refractivity contribution < 1.29 is 35.9 Å². The van der Waals surface area contributed by atoms with Crippen LogP contribution < -0.4 is 11.1 Å². The van der Waals surface area contributed by atoms with Crippen LogP contribution in [0, 0.1) is 0 Å². The third-order valence-electron chi connectivity index (χ3n) is 3.82. The Labute approximate surface area is 155 Å². The molecule has 28 heavy (non-hydrogen) atoms. The first-order chi connectivity index (χ1) is 12.9. The van der Waals surface area contributed by atoms with Crippen LogP contribution >= 0.6 is 0 Å². The first kappa shape index (κ1) is 21.3. The number of carbonyl (C=O) groups is 2. The Kier molecular flexibility index (Phi) is 6.01. The molecule has 4 nitrogen and oxygen atoms in total. The topological polar surface area (TPSA) is 72.2 Å². The van der Waals surface area contributed by atoms with E-state index < -0.39 is 53.3 Å². The van der Waals surface area contributed by atoms with Crippen molar-refractivity contribution in [3.05, 3.63) is 70.8 Å². The van der Waals surface area contributed by atoms with E-state index in [4.69, 9.17) is 5.73 Å². The normalized spacial score (nSPS) is 13.1. The molecule has 0 aromatic heterocycles. The van der Waals surface area contributed by atoms with E-state index in [0.29, 0.717) is 6.07 Å². The fourth-order valence-electron chi connectivity index (χ4n) is 2.50. The maximum atomic E-state index is 13.0. The summed E-state index contributed by atoms with van der Waals surface area (Å²) in [4.78, 5) is 23.8. The van der Waals surface area contributed by atoms with Crippen LogP contribution in [0.2, 0.25) is 0 Å². The second kappa shape index (κ2) is 7.91. The monoisotopic (exact) mass is 404 g/mol. The number of amides is 2. The zero-order chi connectivity index (χ0) is 21.1. The molecule has 0 radical (unpaired) electrons. The van der Waals surface area contributed by atoms with Crippen LogP contribution in [-0.2, 0) is 23.6 Å². The van der Waals surface area contributed by atoms with Crippen LogP contribution in [0.5, 0.6) is 0 Å². The quantitative estimate of drug-likeness (QED) is 0.749. The van der Waals surface area contributed by atoms with Gasteiger partial charge in [0.15, 0.2) is 0 Å². The van der Waals surface area contributed by atoms with Gasteiger partial charge in [-0.2, -0.15) is 26.3 Å². The van der Waals surface area contributed by atoms with Crippen molar-refractivity contribution in [1.29, 1.82) is 0 Å². The average Bonchev–Trinajstić information content (AvgIpc) is 2.59. The lowest BCUT2D eigenvalue weighted by Crippen LogP contribution is -2.46. The van der Waals surface area contributed by atoms with Gasteiger partial charge in [0.25, 0.3) is 5.91 Å². The van der Waals surface area contributed by atoms with Crippen molar-refractivity contribution in [3.8, 4) is 0 Å². The molecular weight excluding hydrogens is 390 g/mol. The molecule has 0 spiro atoms. The highest BCUT2D eigenvalue weighted by molar-refractivity contribution is 5.98. The summed E-state index contributed by atoms with van der Waals surface area (Å²) in [5, 5.41) is 2.06. The lowest BCUT2D eigenvalue weighted by molar-refractivity contribution is -0.138. The molecule has 2 aromatic carbocycles. The molecule has 0 saturated heterocycles. The number of halogens is 6. The van der Waals surface area contributed by atoms with Crippen molar-refractivity contribution in [2.75, 3.05) is 0 Å². The molecule has 0 bridgehead atoms. The molecule has 3 N–H and O–H groups in total. The maximum Gasteiger partial charge on any atom is 0.417 e. The second-order valence-electron chi connectivity index (χ2n) is 5.87. The molecule has 0 fully saturated rings. The maximum absolute atomic E-state index is 13.0. The largest absolute Gasteiger partial charge is 0.417 e. The number of nitrogens with two attached hydrogens (primary N) is 1. The molecule has 2 aromatic rings. The van der Waals surface area contributed by atoms with E-state index in [1.807, 2.05) is 0 Å². The Bertz CT molecular complexity index is 877. The molecule has 0 saturated carbocycles. The van der Waals surface area contributed by atoms with Crippen LogP contribution in [0.25, 0.3) is 0 Å². The Morgan fingerprint density at radius 2 is 1.57 bits per heavy atom. The molecule has 0 heterocycles. The lowest BCUT2D eigenvalue weighted by atomic mass is 10.0. The van der Waals surface area contributed by atoms with Crippen molar-refractivity contribution in [3.63, 3.8) is 0 Å². The standard InChI is InChI=1S/C18H14F6N2O2/c19-17(20,21)11-5-3-4-10(8-11)9-14(15(25)27)26-16(28)12-6-1-2-7-13(12)18(22,23)24/h1-8,14H,9H2,(H2,25,27)(H,26,28)/t14-/m0/s1. The minimum atomic E-state index is -4.81. The minimum Gasteiger partial charge on any atom is -0.368 e. The zero-order valence-corrected chi connectivity index (χ0v) is 14.1. The number of hydrogen-bond donors (Lipinski definition) is 2. The molecule has 0 unspecified atom stereocenters. The molecule has 2 rings (SSSR count). The van der Waals surface area contributed by atoms with Crippen molar-refractivity contribution >= 4 is 11.8 Å². The first-order valence-corrected chi connectivity index (χ1v) is 7.82. The van der Waals surface area contributed by atoms with Gasteiger partial charge in [-0.15, -0.1) is 0 Å². The van der Waals surface area contributed by atoms with Gasteiger partial charge >= 0.3 is 12.4 Å². The van der Waals surface area contributed by atoms with E-state index in [9.17, 15) is 35.9 Å². The summed E-state index contributed by atoms with van der Waals surface area (Å²) in [5.41, 5.74) is 2.28. The summed E-state index contributed by atoms with van der Waals surface area (Å²) < 4.78 is 77.4. The van der Waals surface area contributed by atoms with E-state index in [2.05, 4.69) is 5.32 Å². The molecule has 2 amide bonds. The lowest BCUT2D eigenvalue weighted by Gasteiger charge is -2.18. The summed E-state index contributed by atoms with van der Waals surface area (Å²) in [6, 6.07) is 6.38. The van der Waals surface area contributed by atoms with Gasteiger partial charge in [-0.3, -0.25) is 9.59 Å². The summed E-state index contributed by atoms with van der Waals surface area (Å²) in [6.45, 7) is 0. The molecule has 1 atom stereocenters. The van der Waals surface area contributed by atoms with Gasteiger partial charge < -0.3 is 11.1 Å². The third kappa shape index (κ3) is 5.24. The van der Waals surface area contributed by atoms with Crippen molar-refractivity contribution in [2.24, 2.45) is 5.73 Å². The van der Waals surface area contributed by atoms with E-state index in [-0.39, 0.29) is 5.56 Å². The SMILES string of the molecule is NC(=O)[C@H](Cc1cccc(C(F)(F)F)c1)NC(=O)c1ccccc1C(F)(F)F. The molecule has 0 aliphatic heterocycles.